The van der Waals surface area contributed by atoms with Gasteiger partial charge in [-0.05, 0) is 29.6 Å². The quantitative estimate of drug-likeness (QED) is 0.675. The lowest BCUT2D eigenvalue weighted by molar-refractivity contribution is -0.142. The molecule has 2 aromatic rings. The van der Waals surface area contributed by atoms with E-state index in [-0.39, 0.29) is 30.3 Å². The average molecular weight is 430 g/mol. The first-order valence-electron chi connectivity index (χ1n) is 9.76. The summed E-state index contributed by atoms with van der Waals surface area (Å²) in [5.41, 5.74) is 1.66. The van der Waals surface area contributed by atoms with Gasteiger partial charge in [-0.3, -0.25) is 9.59 Å². The van der Waals surface area contributed by atoms with Gasteiger partial charge in [0.2, 0.25) is 5.91 Å². The van der Waals surface area contributed by atoms with Gasteiger partial charge in [-0.2, -0.15) is 5.10 Å². The SMILES string of the molecule is COc1ccc(OC)c([C@H]2CC(c3cccs3)=NN2C(=O)CN(C)C(=O)C(C)C)c1. The van der Waals surface area contributed by atoms with Gasteiger partial charge in [-0.15, -0.1) is 11.3 Å². The third-order valence-corrected chi connectivity index (χ3v) is 5.93. The third kappa shape index (κ3) is 4.48. The van der Waals surface area contributed by atoms with Crippen LogP contribution in [0.2, 0.25) is 0 Å². The predicted molar refractivity (Wildman–Crippen MR) is 117 cm³/mol. The van der Waals surface area contributed by atoms with Crippen LogP contribution in [-0.2, 0) is 9.59 Å². The highest BCUT2D eigenvalue weighted by atomic mass is 32.1. The number of nitrogens with zero attached hydrogens (tertiary/aromatic N) is 3. The monoisotopic (exact) mass is 429 g/mol. The first-order chi connectivity index (χ1) is 14.3. The highest BCUT2D eigenvalue weighted by Gasteiger charge is 2.36. The Morgan fingerprint density at radius 1 is 1.27 bits per heavy atom. The maximum atomic E-state index is 13.2. The second kappa shape index (κ2) is 9.30. The zero-order valence-electron chi connectivity index (χ0n) is 17.9. The van der Waals surface area contributed by atoms with Crippen LogP contribution in [0, 0.1) is 5.92 Å². The van der Waals surface area contributed by atoms with Crippen LogP contribution in [0.25, 0.3) is 0 Å². The summed E-state index contributed by atoms with van der Waals surface area (Å²) in [5.74, 6) is 0.831. The highest BCUT2D eigenvalue weighted by molar-refractivity contribution is 7.12. The Balaban J connectivity index is 1.95. The number of ether oxygens (including phenoxy) is 2. The first kappa shape index (κ1) is 21.8. The molecule has 7 nitrogen and oxygen atoms in total. The predicted octanol–water partition coefficient (Wildman–Crippen LogP) is 3.56. The topological polar surface area (TPSA) is 71.4 Å². The van der Waals surface area contributed by atoms with Gasteiger partial charge >= 0.3 is 0 Å². The van der Waals surface area contributed by atoms with Crippen molar-refractivity contribution in [1.29, 1.82) is 0 Å². The molecule has 1 aliphatic rings. The van der Waals surface area contributed by atoms with Crippen LogP contribution in [0.1, 0.15) is 36.8 Å². The van der Waals surface area contributed by atoms with Crippen LogP contribution >= 0.6 is 11.3 Å². The lowest BCUT2D eigenvalue weighted by atomic mass is 9.99. The molecule has 0 N–H and O–H groups in total. The summed E-state index contributed by atoms with van der Waals surface area (Å²) >= 11 is 1.58. The molecule has 30 heavy (non-hydrogen) atoms. The summed E-state index contributed by atoms with van der Waals surface area (Å²) in [6.07, 6.45) is 0.553. The van der Waals surface area contributed by atoms with E-state index in [0.717, 1.165) is 16.2 Å². The fraction of sp³-hybridized carbons (Fsp3) is 0.409. The van der Waals surface area contributed by atoms with E-state index in [1.807, 2.05) is 49.6 Å². The molecule has 3 rings (SSSR count). The van der Waals surface area contributed by atoms with E-state index in [4.69, 9.17) is 9.47 Å². The minimum atomic E-state index is -0.345. The zero-order valence-corrected chi connectivity index (χ0v) is 18.7. The Bertz CT molecular complexity index is 940. The Labute approximate surface area is 180 Å². The standard InChI is InChI=1S/C22H27N3O4S/c1-14(2)22(27)24(3)13-21(26)25-18(12-17(23-25)20-7-6-10-30-20)16-11-15(28-4)8-9-19(16)29-5/h6-11,14,18H,12-13H2,1-5H3/t18-/m1/s1. The summed E-state index contributed by atoms with van der Waals surface area (Å²) in [6.45, 7) is 3.59. The van der Waals surface area contributed by atoms with E-state index in [0.29, 0.717) is 17.9 Å². The Morgan fingerprint density at radius 2 is 2.03 bits per heavy atom. The highest BCUT2D eigenvalue weighted by Crippen LogP contribution is 2.39. The zero-order chi connectivity index (χ0) is 21.8. The smallest absolute Gasteiger partial charge is 0.262 e. The summed E-state index contributed by atoms with van der Waals surface area (Å²) in [7, 11) is 4.84. The molecule has 1 atom stereocenters. The van der Waals surface area contributed by atoms with Crippen molar-refractivity contribution in [3.63, 3.8) is 0 Å². The molecule has 1 aliphatic heterocycles. The van der Waals surface area contributed by atoms with E-state index >= 15 is 0 Å². The molecule has 0 saturated heterocycles. The normalized spacial score (nSPS) is 15.9. The van der Waals surface area contributed by atoms with Gasteiger partial charge in [0.05, 0.1) is 30.9 Å². The molecular weight excluding hydrogens is 402 g/mol. The molecule has 1 aromatic carbocycles. The number of hydrogen-bond donors (Lipinski definition) is 0. The fourth-order valence-corrected chi connectivity index (χ4v) is 4.19. The van der Waals surface area contributed by atoms with Crippen molar-refractivity contribution in [2.75, 3.05) is 27.8 Å². The maximum absolute atomic E-state index is 13.2. The number of hydrazone groups is 1. The number of amides is 2. The molecule has 0 saturated carbocycles. The Kier molecular flexibility index (Phi) is 6.77. The third-order valence-electron chi connectivity index (χ3n) is 5.01. The van der Waals surface area contributed by atoms with Crippen LogP contribution in [0.5, 0.6) is 11.5 Å². The van der Waals surface area contributed by atoms with Crippen molar-refractivity contribution >= 4 is 28.9 Å². The molecule has 0 fully saturated rings. The minimum absolute atomic E-state index is 0.0407. The fourth-order valence-electron chi connectivity index (χ4n) is 3.47. The van der Waals surface area contributed by atoms with E-state index < -0.39 is 0 Å². The number of thiophene rings is 1. The Morgan fingerprint density at radius 3 is 2.63 bits per heavy atom. The molecule has 2 amide bonds. The van der Waals surface area contributed by atoms with E-state index in [9.17, 15) is 9.59 Å². The van der Waals surface area contributed by atoms with Crippen molar-refractivity contribution in [1.82, 2.24) is 9.91 Å². The lowest BCUT2D eigenvalue weighted by Crippen LogP contribution is -2.40. The van der Waals surface area contributed by atoms with Gasteiger partial charge in [0.1, 0.15) is 18.0 Å². The molecule has 2 heterocycles. The molecule has 0 bridgehead atoms. The van der Waals surface area contributed by atoms with Crippen LogP contribution in [-0.4, -0.2) is 55.2 Å². The van der Waals surface area contributed by atoms with Gasteiger partial charge in [-0.1, -0.05) is 19.9 Å². The van der Waals surface area contributed by atoms with Crippen molar-refractivity contribution in [3.05, 3.63) is 46.2 Å². The molecule has 8 heteroatoms. The van der Waals surface area contributed by atoms with Gasteiger partial charge in [0, 0.05) is 24.9 Å². The Hall–Kier alpha value is -2.87. The van der Waals surface area contributed by atoms with Crippen LogP contribution in [0.4, 0.5) is 0 Å². The van der Waals surface area contributed by atoms with Crippen molar-refractivity contribution in [3.8, 4) is 11.5 Å². The van der Waals surface area contributed by atoms with E-state index in [1.54, 1.807) is 32.6 Å². The minimum Gasteiger partial charge on any atom is -0.497 e. The van der Waals surface area contributed by atoms with Crippen LogP contribution in [0.15, 0.2) is 40.8 Å². The van der Waals surface area contributed by atoms with Gasteiger partial charge in [0.15, 0.2) is 0 Å². The van der Waals surface area contributed by atoms with E-state index in [1.165, 1.54) is 9.91 Å². The number of hydrogen-bond acceptors (Lipinski definition) is 6. The summed E-state index contributed by atoms with van der Waals surface area (Å²) in [4.78, 5) is 27.9. The number of rotatable bonds is 7. The largest absolute Gasteiger partial charge is 0.497 e. The second-order valence-electron chi connectivity index (χ2n) is 7.44. The number of likely N-dealkylation sites (N-methyl/N-ethyl adjacent to an activating group) is 1. The molecule has 0 aliphatic carbocycles. The number of carbonyl (C=O) groups excluding carboxylic acids is 2. The maximum Gasteiger partial charge on any atom is 0.262 e. The van der Waals surface area contributed by atoms with Crippen molar-refractivity contribution < 1.29 is 19.1 Å². The summed E-state index contributed by atoms with van der Waals surface area (Å²) in [6, 6.07) is 9.13. The second-order valence-corrected chi connectivity index (χ2v) is 8.39. The molecule has 0 unspecified atom stereocenters. The van der Waals surface area contributed by atoms with Crippen molar-refractivity contribution in [2.24, 2.45) is 11.0 Å². The molecule has 160 valence electrons. The van der Waals surface area contributed by atoms with Crippen LogP contribution in [0.3, 0.4) is 0 Å². The molecular formula is C22H27N3O4S. The summed E-state index contributed by atoms with van der Waals surface area (Å²) < 4.78 is 10.9. The first-order valence-corrected chi connectivity index (χ1v) is 10.6. The van der Waals surface area contributed by atoms with Gasteiger partial charge < -0.3 is 14.4 Å². The molecule has 1 aromatic heterocycles. The van der Waals surface area contributed by atoms with Gasteiger partial charge in [-0.25, -0.2) is 5.01 Å². The average Bonchev–Trinajstić information content (AvgIpc) is 3.42. The van der Waals surface area contributed by atoms with E-state index in [2.05, 4.69) is 5.10 Å². The number of carbonyl (C=O) groups is 2. The lowest BCUT2D eigenvalue weighted by Gasteiger charge is -2.26. The molecule has 0 spiro atoms. The molecule has 0 radical (unpaired) electrons. The number of benzene rings is 1. The van der Waals surface area contributed by atoms with Crippen LogP contribution < -0.4 is 9.47 Å². The van der Waals surface area contributed by atoms with Gasteiger partial charge in [0.25, 0.3) is 5.91 Å². The summed E-state index contributed by atoms with van der Waals surface area (Å²) in [5, 5.41) is 8.12. The number of methoxy groups -OCH3 is 2. The van der Waals surface area contributed by atoms with Crippen molar-refractivity contribution in [2.45, 2.75) is 26.3 Å².